The van der Waals surface area contributed by atoms with E-state index in [2.05, 4.69) is 12.2 Å². The standard InChI is InChI=1S/C8H8O/c1-2-4-6-8-7(9-8)5-3-1/h1-3,5H,4,6H2/b2-1-,5-3-. The maximum Gasteiger partial charge on any atom is 0.165 e. The van der Waals surface area contributed by atoms with E-state index >= 15 is 0 Å². The van der Waals surface area contributed by atoms with Gasteiger partial charge in [0.1, 0.15) is 5.76 Å². The van der Waals surface area contributed by atoms with Crippen LogP contribution in [-0.2, 0) is 4.74 Å². The number of allylic oxidation sites excluding steroid dienone is 5. The molecular formula is C8H8O. The second kappa shape index (κ2) is 1.76. The lowest BCUT2D eigenvalue weighted by molar-refractivity contribution is 0.465. The Morgan fingerprint density at radius 3 is 3.33 bits per heavy atom. The van der Waals surface area contributed by atoms with Crippen LogP contribution in [0.3, 0.4) is 0 Å². The quantitative estimate of drug-likeness (QED) is 0.477. The van der Waals surface area contributed by atoms with Gasteiger partial charge in [-0.25, -0.2) is 0 Å². The highest BCUT2D eigenvalue weighted by Gasteiger charge is 2.20. The molecule has 2 rings (SSSR count). The summed E-state index contributed by atoms with van der Waals surface area (Å²) in [4.78, 5) is 0. The predicted octanol–water partition coefficient (Wildman–Crippen LogP) is 2.13. The zero-order chi connectivity index (χ0) is 6.10. The molecule has 0 saturated carbocycles. The topological polar surface area (TPSA) is 12.5 Å². The van der Waals surface area contributed by atoms with Crippen molar-refractivity contribution in [2.75, 3.05) is 0 Å². The molecule has 1 heteroatoms. The van der Waals surface area contributed by atoms with Gasteiger partial charge in [-0.05, 0) is 12.5 Å². The Bertz CT molecular complexity index is 209. The molecule has 0 amide bonds. The van der Waals surface area contributed by atoms with E-state index in [1.54, 1.807) is 0 Å². The summed E-state index contributed by atoms with van der Waals surface area (Å²) in [6.45, 7) is 0. The summed E-state index contributed by atoms with van der Waals surface area (Å²) < 4.78 is 5.14. The molecule has 0 spiro atoms. The molecule has 1 heterocycles. The molecule has 0 atom stereocenters. The predicted molar refractivity (Wildman–Crippen MR) is 35.6 cm³/mol. The van der Waals surface area contributed by atoms with Gasteiger partial charge in [-0.15, -0.1) is 0 Å². The monoisotopic (exact) mass is 120 g/mol. The molecule has 0 aromatic heterocycles. The van der Waals surface area contributed by atoms with Gasteiger partial charge in [-0.2, -0.15) is 0 Å². The van der Waals surface area contributed by atoms with Crippen LogP contribution in [0.1, 0.15) is 12.8 Å². The van der Waals surface area contributed by atoms with Crippen LogP contribution in [0, 0.1) is 0 Å². The Labute approximate surface area is 54.3 Å². The number of rotatable bonds is 0. The summed E-state index contributed by atoms with van der Waals surface area (Å²) in [5, 5.41) is 0. The van der Waals surface area contributed by atoms with Crippen molar-refractivity contribution in [3.8, 4) is 0 Å². The molecular weight excluding hydrogens is 112 g/mol. The zero-order valence-corrected chi connectivity index (χ0v) is 5.13. The first-order valence-corrected chi connectivity index (χ1v) is 3.21. The average Bonchev–Trinajstić information content (AvgIpc) is 2.46. The summed E-state index contributed by atoms with van der Waals surface area (Å²) in [7, 11) is 0. The minimum Gasteiger partial charge on any atom is -0.454 e. The lowest BCUT2D eigenvalue weighted by atomic mass is 10.2. The molecule has 0 aromatic carbocycles. The van der Waals surface area contributed by atoms with Gasteiger partial charge >= 0.3 is 0 Å². The second-order valence-electron chi connectivity index (χ2n) is 2.22. The molecule has 1 aliphatic heterocycles. The Morgan fingerprint density at radius 1 is 1.33 bits per heavy atom. The van der Waals surface area contributed by atoms with Gasteiger partial charge in [-0.3, -0.25) is 0 Å². The Kier molecular flexibility index (Phi) is 0.950. The second-order valence-corrected chi connectivity index (χ2v) is 2.22. The molecule has 0 radical (unpaired) electrons. The number of hydrogen-bond acceptors (Lipinski definition) is 1. The minimum atomic E-state index is 1.08. The van der Waals surface area contributed by atoms with Crippen molar-refractivity contribution in [2.24, 2.45) is 0 Å². The van der Waals surface area contributed by atoms with E-state index in [1.165, 1.54) is 5.76 Å². The number of ether oxygens (including phenoxy) is 1. The third-order valence-electron chi connectivity index (χ3n) is 1.50. The summed E-state index contributed by atoms with van der Waals surface area (Å²) >= 11 is 0. The van der Waals surface area contributed by atoms with Crippen LogP contribution in [-0.4, -0.2) is 0 Å². The van der Waals surface area contributed by atoms with E-state index < -0.39 is 0 Å². The van der Waals surface area contributed by atoms with Crippen molar-refractivity contribution in [1.82, 2.24) is 0 Å². The Morgan fingerprint density at radius 2 is 2.33 bits per heavy atom. The Hall–Kier alpha value is -0.980. The van der Waals surface area contributed by atoms with E-state index in [0.29, 0.717) is 0 Å². The molecule has 9 heavy (non-hydrogen) atoms. The lowest BCUT2D eigenvalue weighted by Gasteiger charge is -1.82. The normalized spacial score (nSPS) is 29.3. The summed E-state index contributed by atoms with van der Waals surface area (Å²) in [5.74, 6) is 2.26. The highest BCUT2D eigenvalue weighted by Crippen LogP contribution is 2.32. The van der Waals surface area contributed by atoms with E-state index in [4.69, 9.17) is 4.74 Å². The molecule has 1 aliphatic carbocycles. The molecule has 0 fully saturated rings. The first-order valence-electron chi connectivity index (χ1n) is 3.21. The average molecular weight is 120 g/mol. The molecule has 1 nitrogen and oxygen atoms in total. The molecule has 0 aromatic rings. The fourth-order valence-electron chi connectivity index (χ4n) is 0.941. The van der Waals surface area contributed by atoms with Gasteiger partial charge in [0, 0.05) is 6.42 Å². The minimum absolute atomic E-state index is 1.08. The van der Waals surface area contributed by atoms with Crippen molar-refractivity contribution in [1.29, 1.82) is 0 Å². The fraction of sp³-hybridized carbons (Fsp3) is 0.250. The summed E-state index contributed by atoms with van der Waals surface area (Å²) in [5.41, 5.74) is 0. The fourth-order valence-corrected chi connectivity index (χ4v) is 0.941. The van der Waals surface area contributed by atoms with Crippen molar-refractivity contribution < 1.29 is 4.74 Å². The molecule has 0 bridgehead atoms. The van der Waals surface area contributed by atoms with E-state index in [-0.39, 0.29) is 0 Å². The third-order valence-corrected chi connectivity index (χ3v) is 1.50. The Balaban J connectivity index is 2.19. The van der Waals surface area contributed by atoms with Crippen LogP contribution in [0.2, 0.25) is 0 Å². The highest BCUT2D eigenvalue weighted by atomic mass is 16.6. The van der Waals surface area contributed by atoms with Crippen LogP contribution in [0.25, 0.3) is 0 Å². The van der Waals surface area contributed by atoms with Crippen molar-refractivity contribution in [3.05, 3.63) is 35.8 Å². The highest BCUT2D eigenvalue weighted by molar-refractivity contribution is 5.32. The zero-order valence-electron chi connectivity index (χ0n) is 5.13. The molecule has 0 N–H and O–H groups in total. The van der Waals surface area contributed by atoms with Crippen molar-refractivity contribution in [2.45, 2.75) is 12.8 Å². The largest absolute Gasteiger partial charge is 0.454 e. The van der Waals surface area contributed by atoms with Crippen LogP contribution in [0.15, 0.2) is 35.8 Å². The van der Waals surface area contributed by atoms with Gasteiger partial charge in [0.25, 0.3) is 0 Å². The molecule has 0 saturated heterocycles. The van der Waals surface area contributed by atoms with Crippen LogP contribution >= 0.6 is 0 Å². The first-order chi connectivity index (χ1) is 4.47. The number of hydrogen-bond donors (Lipinski definition) is 0. The van der Waals surface area contributed by atoms with Crippen LogP contribution in [0.4, 0.5) is 0 Å². The van der Waals surface area contributed by atoms with Gasteiger partial charge in [-0.1, -0.05) is 18.2 Å². The lowest BCUT2D eigenvalue weighted by Crippen LogP contribution is -1.67. The van der Waals surface area contributed by atoms with Gasteiger partial charge < -0.3 is 4.74 Å². The molecule has 2 aliphatic rings. The van der Waals surface area contributed by atoms with E-state index in [1.807, 2.05) is 12.2 Å². The molecule has 0 unspecified atom stereocenters. The van der Waals surface area contributed by atoms with E-state index in [9.17, 15) is 0 Å². The summed E-state index contributed by atoms with van der Waals surface area (Å²) in [6, 6.07) is 0. The van der Waals surface area contributed by atoms with E-state index in [0.717, 1.165) is 18.6 Å². The van der Waals surface area contributed by atoms with Gasteiger partial charge in [0.05, 0.1) is 0 Å². The van der Waals surface area contributed by atoms with Crippen LogP contribution < -0.4 is 0 Å². The maximum absolute atomic E-state index is 5.14. The smallest absolute Gasteiger partial charge is 0.165 e. The van der Waals surface area contributed by atoms with Crippen molar-refractivity contribution in [3.63, 3.8) is 0 Å². The third kappa shape index (κ3) is 0.900. The summed E-state index contributed by atoms with van der Waals surface area (Å²) in [6.07, 6.45) is 10.4. The van der Waals surface area contributed by atoms with Gasteiger partial charge in [0.15, 0.2) is 5.76 Å². The SMILES string of the molecule is C1=C\CCC2=C(\C=C/1)O2. The van der Waals surface area contributed by atoms with Crippen LogP contribution in [0.5, 0.6) is 0 Å². The first kappa shape index (κ1) is 4.86. The van der Waals surface area contributed by atoms with Gasteiger partial charge in [0.2, 0.25) is 0 Å². The maximum atomic E-state index is 5.14. The molecule has 46 valence electrons. The van der Waals surface area contributed by atoms with Crippen molar-refractivity contribution >= 4 is 0 Å².